The molecule has 2 aliphatic carbocycles. The monoisotopic (exact) mass is 260 g/mol. The Labute approximate surface area is 110 Å². The number of hydrogen-bond acceptors (Lipinski definition) is 2. The predicted molar refractivity (Wildman–Crippen MR) is 72.0 cm³/mol. The zero-order valence-electron chi connectivity index (χ0n) is 11.0. The molecule has 0 aromatic heterocycles. The van der Waals surface area contributed by atoms with E-state index in [1.165, 1.54) is 19.3 Å². The van der Waals surface area contributed by atoms with Crippen molar-refractivity contribution in [2.75, 3.05) is 0 Å². The van der Waals surface area contributed by atoms with E-state index in [2.05, 4.69) is 26.1 Å². The van der Waals surface area contributed by atoms with Crippen molar-refractivity contribution in [2.45, 2.75) is 52.1 Å². The van der Waals surface area contributed by atoms with Crippen LogP contribution in [-0.4, -0.2) is 18.0 Å². The Morgan fingerprint density at radius 3 is 2.29 bits per heavy atom. The van der Waals surface area contributed by atoms with Crippen LogP contribution in [0, 0.1) is 23.7 Å². The summed E-state index contributed by atoms with van der Waals surface area (Å²) < 4.78 is 0. The molecule has 0 spiro atoms. The molecule has 4 heteroatoms. The SMILES string of the molecule is CC(C)C(C)NC(=O)C1C2CCC(C2)C1N.Cl. The van der Waals surface area contributed by atoms with Crippen LogP contribution in [0.25, 0.3) is 0 Å². The second kappa shape index (κ2) is 5.57. The molecule has 2 bridgehead atoms. The third kappa shape index (κ3) is 2.76. The Morgan fingerprint density at radius 2 is 1.82 bits per heavy atom. The molecular formula is C13H25ClN2O. The summed E-state index contributed by atoms with van der Waals surface area (Å²) in [6, 6.07) is 0.358. The molecule has 5 atom stereocenters. The van der Waals surface area contributed by atoms with Crippen molar-refractivity contribution in [3.05, 3.63) is 0 Å². The summed E-state index contributed by atoms with van der Waals surface area (Å²) in [5.41, 5.74) is 6.16. The molecule has 0 aromatic carbocycles. The summed E-state index contributed by atoms with van der Waals surface area (Å²) in [7, 11) is 0. The van der Waals surface area contributed by atoms with Crippen molar-refractivity contribution in [3.8, 4) is 0 Å². The van der Waals surface area contributed by atoms with E-state index in [-0.39, 0.29) is 36.3 Å². The van der Waals surface area contributed by atoms with Crippen LogP contribution in [0.4, 0.5) is 0 Å². The maximum Gasteiger partial charge on any atom is 0.225 e. The number of carbonyl (C=O) groups excluding carboxylic acids is 1. The third-order valence-corrected chi connectivity index (χ3v) is 4.65. The van der Waals surface area contributed by atoms with Crippen molar-refractivity contribution in [1.82, 2.24) is 5.32 Å². The Morgan fingerprint density at radius 1 is 1.24 bits per heavy atom. The number of nitrogens with two attached hydrogens (primary N) is 1. The predicted octanol–water partition coefficient (Wildman–Crippen LogP) is 1.94. The lowest BCUT2D eigenvalue weighted by Crippen LogP contribution is -2.48. The van der Waals surface area contributed by atoms with Gasteiger partial charge in [0.25, 0.3) is 0 Å². The van der Waals surface area contributed by atoms with Gasteiger partial charge in [0.05, 0.1) is 5.92 Å². The molecule has 0 aliphatic heterocycles. The normalized spacial score (nSPS) is 36.8. The number of halogens is 1. The van der Waals surface area contributed by atoms with Gasteiger partial charge in [0, 0.05) is 12.1 Å². The van der Waals surface area contributed by atoms with E-state index in [4.69, 9.17) is 5.73 Å². The molecule has 2 saturated carbocycles. The summed E-state index contributed by atoms with van der Waals surface area (Å²) in [4.78, 5) is 12.2. The number of fused-ring (bicyclic) bond motifs is 2. The molecule has 17 heavy (non-hydrogen) atoms. The van der Waals surface area contributed by atoms with Crippen LogP contribution in [0.3, 0.4) is 0 Å². The molecule has 2 fully saturated rings. The number of nitrogens with one attached hydrogen (secondary N) is 1. The molecule has 0 saturated heterocycles. The lowest BCUT2D eigenvalue weighted by molar-refractivity contribution is -0.127. The Hall–Kier alpha value is -0.280. The number of carbonyl (C=O) groups is 1. The topological polar surface area (TPSA) is 55.1 Å². The maximum absolute atomic E-state index is 12.2. The minimum atomic E-state index is 0. The first kappa shape index (κ1) is 14.8. The van der Waals surface area contributed by atoms with Gasteiger partial charge in [-0.25, -0.2) is 0 Å². The molecule has 3 nitrogen and oxygen atoms in total. The summed E-state index contributed by atoms with van der Waals surface area (Å²) in [5.74, 6) is 1.93. The summed E-state index contributed by atoms with van der Waals surface area (Å²) in [6.07, 6.45) is 3.61. The van der Waals surface area contributed by atoms with Gasteiger partial charge in [-0.1, -0.05) is 13.8 Å². The number of amides is 1. The van der Waals surface area contributed by atoms with Gasteiger partial charge in [-0.05, 0) is 43.9 Å². The first-order chi connectivity index (χ1) is 7.50. The molecule has 3 N–H and O–H groups in total. The summed E-state index contributed by atoms with van der Waals surface area (Å²) in [5, 5.41) is 3.12. The molecule has 2 aliphatic rings. The van der Waals surface area contributed by atoms with Crippen molar-refractivity contribution < 1.29 is 4.79 Å². The lowest BCUT2D eigenvalue weighted by Gasteiger charge is -2.29. The Bertz CT molecular complexity index is 281. The fourth-order valence-electron chi connectivity index (χ4n) is 3.21. The average molecular weight is 261 g/mol. The Kier molecular flexibility index (Phi) is 4.85. The molecule has 1 amide bonds. The highest BCUT2D eigenvalue weighted by Crippen LogP contribution is 2.47. The van der Waals surface area contributed by atoms with Crippen LogP contribution in [0.5, 0.6) is 0 Å². The first-order valence-corrected chi connectivity index (χ1v) is 6.56. The van der Waals surface area contributed by atoms with E-state index in [1.54, 1.807) is 0 Å². The lowest BCUT2D eigenvalue weighted by atomic mass is 9.84. The molecule has 0 radical (unpaired) electrons. The smallest absolute Gasteiger partial charge is 0.225 e. The quantitative estimate of drug-likeness (QED) is 0.815. The van der Waals surface area contributed by atoms with Gasteiger partial charge in [0.15, 0.2) is 0 Å². The average Bonchev–Trinajstić information content (AvgIpc) is 2.77. The van der Waals surface area contributed by atoms with Crippen molar-refractivity contribution in [1.29, 1.82) is 0 Å². The first-order valence-electron chi connectivity index (χ1n) is 6.56. The van der Waals surface area contributed by atoms with Crippen molar-refractivity contribution in [3.63, 3.8) is 0 Å². The molecule has 2 rings (SSSR count). The van der Waals surface area contributed by atoms with Gasteiger partial charge in [-0.2, -0.15) is 0 Å². The minimum Gasteiger partial charge on any atom is -0.353 e. The van der Waals surface area contributed by atoms with E-state index in [1.807, 2.05) is 0 Å². The fourth-order valence-corrected chi connectivity index (χ4v) is 3.21. The maximum atomic E-state index is 12.2. The molecular weight excluding hydrogens is 236 g/mol. The second-order valence-electron chi connectivity index (χ2n) is 5.98. The number of rotatable bonds is 3. The van der Waals surface area contributed by atoms with Crippen molar-refractivity contribution in [2.24, 2.45) is 29.4 Å². The Balaban J connectivity index is 0.00000144. The molecule has 100 valence electrons. The fraction of sp³-hybridized carbons (Fsp3) is 0.923. The number of hydrogen-bond donors (Lipinski definition) is 2. The van der Waals surface area contributed by atoms with Crippen molar-refractivity contribution >= 4 is 18.3 Å². The summed E-state index contributed by atoms with van der Waals surface area (Å²) in [6.45, 7) is 6.33. The van der Waals surface area contributed by atoms with Crippen LogP contribution in [0.15, 0.2) is 0 Å². The largest absolute Gasteiger partial charge is 0.353 e. The summed E-state index contributed by atoms with van der Waals surface area (Å²) >= 11 is 0. The molecule has 5 unspecified atom stereocenters. The molecule has 0 heterocycles. The van der Waals surface area contributed by atoms with Crippen LogP contribution in [-0.2, 0) is 4.79 Å². The van der Waals surface area contributed by atoms with E-state index in [0.717, 1.165) is 0 Å². The minimum absolute atomic E-state index is 0. The van der Waals surface area contributed by atoms with Crippen LogP contribution >= 0.6 is 12.4 Å². The van der Waals surface area contributed by atoms with Gasteiger partial charge < -0.3 is 11.1 Å². The zero-order chi connectivity index (χ0) is 11.9. The van der Waals surface area contributed by atoms with E-state index in [9.17, 15) is 4.79 Å². The molecule has 0 aromatic rings. The highest BCUT2D eigenvalue weighted by molar-refractivity contribution is 5.85. The zero-order valence-corrected chi connectivity index (χ0v) is 11.8. The van der Waals surface area contributed by atoms with Gasteiger partial charge in [0.2, 0.25) is 5.91 Å². The highest BCUT2D eigenvalue weighted by atomic mass is 35.5. The van der Waals surface area contributed by atoms with Gasteiger partial charge >= 0.3 is 0 Å². The second-order valence-corrected chi connectivity index (χ2v) is 5.98. The van der Waals surface area contributed by atoms with Crippen LogP contribution < -0.4 is 11.1 Å². The van der Waals surface area contributed by atoms with E-state index in [0.29, 0.717) is 17.8 Å². The van der Waals surface area contributed by atoms with Crippen LogP contribution in [0.2, 0.25) is 0 Å². The third-order valence-electron chi connectivity index (χ3n) is 4.65. The van der Waals surface area contributed by atoms with E-state index >= 15 is 0 Å². The standard InChI is InChI=1S/C13H24N2O.ClH/c1-7(2)8(3)15-13(16)11-9-4-5-10(6-9)12(11)14;/h7-12H,4-6,14H2,1-3H3,(H,15,16);1H. The van der Waals surface area contributed by atoms with Gasteiger partial charge in [-0.3, -0.25) is 4.79 Å². The van der Waals surface area contributed by atoms with Crippen LogP contribution in [0.1, 0.15) is 40.0 Å². The van der Waals surface area contributed by atoms with E-state index < -0.39 is 0 Å². The van der Waals surface area contributed by atoms with Gasteiger partial charge in [-0.15, -0.1) is 12.4 Å². The van der Waals surface area contributed by atoms with Gasteiger partial charge in [0.1, 0.15) is 0 Å². The highest BCUT2D eigenvalue weighted by Gasteiger charge is 2.49.